The van der Waals surface area contributed by atoms with Gasteiger partial charge in [-0.05, 0) is 55.7 Å². The molecule has 2 rings (SSSR count). The number of carbonyl (C=O) groups is 1. The van der Waals surface area contributed by atoms with E-state index in [0.29, 0.717) is 16.3 Å². The molecule has 0 bridgehead atoms. The summed E-state index contributed by atoms with van der Waals surface area (Å²) in [5.74, 6) is 1.10. The first-order valence-electron chi connectivity index (χ1n) is 7.16. The van der Waals surface area contributed by atoms with Crippen molar-refractivity contribution in [3.63, 3.8) is 0 Å². The van der Waals surface area contributed by atoms with Crippen molar-refractivity contribution in [3.05, 3.63) is 57.6 Å². The standard InChI is InChI=1S/C18H19ClO4/c1-11-8-13(3)17(9-12(11)2)22-10-14-15(19)6-5-7-16(14)23-18(20)21-4/h5-9H,10H2,1-4H3. The molecule has 0 aromatic heterocycles. The fourth-order valence-corrected chi connectivity index (χ4v) is 2.37. The van der Waals surface area contributed by atoms with Crippen molar-refractivity contribution in [2.75, 3.05) is 7.11 Å². The quantitative estimate of drug-likeness (QED) is 0.583. The van der Waals surface area contributed by atoms with Gasteiger partial charge < -0.3 is 14.2 Å². The highest BCUT2D eigenvalue weighted by atomic mass is 35.5. The fourth-order valence-electron chi connectivity index (χ4n) is 2.15. The predicted octanol–water partition coefficient (Wildman–Crippen LogP) is 4.99. The number of aryl methyl sites for hydroxylation is 3. The molecule has 0 amide bonds. The molecule has 4 nitrogen and oxygen atoms in total. The third-order valence-corrected chi connectivity index (χ3v) is 3.95. The van der Waals surface area contributed by atoms with Crippen LogP contribution in [0.4, 0.5) is 4.79 Å². The van der Waals surface area contributed by atoms with Gasteiger partial charge in [0.25, 0.3) is 0 Å². The zero-order chi connectivity index (χ0) is 17.0. The van der Waals surface area contributed by atoms with Gasteiger partial charge in [0.2, 0.25) is 0 Å². The van der Waals surface area contributed by atoms with E-state index in [1.807, 2.05) is 19.9 Å². The normalized spacial score (nSPS) is 10.3. The second-order valence-electron chi connectivity index (χ2n) is 5.26. The number of ether oxygens (including phenoxy) is 3. The Kier molecular flexibility index (Phi) is 5.50. The molecule has 5 heteroatoms. The minimum Gasteiger partial charge on any atom is -0.488 e. The first-order chi connectivity index (χ1) is 10.9. The lowest BCUT2D eigenvalue weighted by Gasteiger charge is -2.15. The molecule has 0 spiro atoms. The molecule has 0 N–H and O–H groups in total. The lowest BCUT2D eigenvalue weighted by atomic mass is 10.1. The summed E-state index contributed by atoms with van der Waals surface area (Å²) < 4.78 is 15.5. The summed E-state index contributed by atoms with van der Waals surface area (Å²) in [5.41, 5.74) is 3.99. The van der Waals surface area contributed by atoms with Crippen LogP contribution in [-0.4, -0.2) is 13.3 Å². The van der Waals surface area contributed by atoms with Crippen LogP contribution in [0.2, 0.25) is 5.02 Å². The van der Waals surface area contributed by atoms with Crippen molar-refractivity contribution < 1.29 is 19.0 Å². The van der Waals surface area contributed by atoms with E-state index in [4.69, 9.17) is 21.1 Å². The summed E-state index contributed by atoms with van der Waals surface area (Å²) in [6.07, 6.45) is -0.795. The third-order valence-electron chi connectivity index (χ3n) is 3.60. The van der Waals surface area contributed by atoms with E-state index in [0.717, 1.165) is 16.9 Å². The summed E-state index contributed by atoms with van der Waals surface area (Å²) in [5, 5.41) is 0.466. The van der Waals surface area contributed by atoms with Crippen molar-refractivity contribution in [1.82, 2.24) is 0 Å². The molecule has 0 atom stereocenters. The maximum atomic E-state index is 11.3. The Morgan fingerprint density at radius 2 is 1.74 bits per heavy atom. The second kappa shape index (κ2) is 7.38. The summed E-state index contributed by atoms with van der Waals surface area (Å²) >= 11 is 6.21. The predicted molar refractivity (Wildman–Crippen MR) is 89.5 cm³/mol. The van der Waals surface area contributed by atoms with Crippen LogP contribution in [0.15, 0.2) is 30.3 Å². The molecular weight excluding hydrogens is 316 g/mol. The first kappa shape index (κ1) is 17.2. The van der Waals surface area contributed by atoms with Gasteiger partial charge in [0, 0.05) is 0 Å². The van der Waals surface area contributed by atoms with E-state index in [9.17, 15) is 4.79 Å². The van der Waals surface area contributed by atoms with Crippen LogP contribution in [-0.2, 0) is 11.3 Å². The maximum absolute atomic E-state index is 11.3. The minimum atomic E-state index is -0.795. The molecule has 2 aromatic rings. The van der Waals surface area contributed by atoms with Crippen molar-refractivity contribution in [2.45, 2.75) is 27.4 Å². The highest BCUT2D eigenvalue weighted by Gasteiger charge is 2.14. The van der Waals surface area contributed by atoms with Crippen molar-refractivity contribution in [1.29, 1.82) is 0 Å². The Balaban J connectivity index is 2.23. The molecule has 0 saturated heterocycles. The Morgan fingerprint density at radius 1 is 1.04 bits per heavy atom. The van der Waals surface area contributed by atoms with E-state index >= 15 is 0 Å². The molecule has 0 aliphatic heterocycles. The lowest BCUT2D eigenvalue weighted by Crippen LogP contribution is -2.10. The molecule has 0 fully saturated rings. The van der Waals surface area contributed by atoms with E-state index in [1.165, 1.54) is 12.7 Å². The Morgan fingerprint density at radius 3 is 2.43 bits per heavy atom. The van der Waals surface area contributed by atoms with Crippen LogP contribution in [0, 0.1) is 20.8 Å². The topological polar surface area (TPSA) is 44.8 Å². The van der Waals surface area contributed by atoms with Gasteiger partial charge in [-0.3, -0.25) is 0 Å². The molecule has 0 radical (unpaired) electrons. The van der Waals surface area contributed by atoms with Crippen LogP contribution >= 0.6 is 11.6 Å². The van der Waals surface area contributed by atoms with Crippen LogP contribution in [0.5, 0.6) is 11.5 Å². The van der Waals surface area contributed by atoms with Crippen LogP contribution in [0.3, 0.4) is 0 Å². The van der Waals surface area contributed by atoms with Gasteiger partial charge in [0.1, 0.15) is 18.1 Å². The first-order valence-corrected chi connectivity index (χ1v) is 7.54. The highest BCUT2D eigenvalue weighted by Crippen LogP contribution is 2.30. The van der Waals surface area contributed by atoms with Crippen molar-refractivity contribution in [3.8, 4) is 11.5 Å². The van der Waals surface area contributed by atoms with Crippen LogP contribution in [0.25, 0.3) is 0 Å². The van der Waals surface area contributed by atoms with Gasteiger partial charge >= 0.3 is 6.16 Å². The van der Waals surface area contributed by atoms with Crippen LogP contribution < -0.4 is 9.47 Å². The number of hydrogen-bond acceptors (Lipinski definition) is 4. The number of halogens is 1. The molecule has 0 heterocycles. The number of methoxy groups -OCH3 is 1. The van der Waals surface area contributed by atoms with E-state index < -0.39 is 6.16 Å². The zero-order valence-electron chi connectivity index (χ0n) is 13.6. The monoisotopic (exact) mass is 334 g/mol. The summed E-state index contributed by atoms with van der Waals surface area (Å²) in [6.45, 7) is 6.26. The Bertz CT molecular complexity index is 725. The second-order valence-corrected chi connectivity index (χ2v) is 5.67. The summed E-state index contributed by atoms with van der Waals surface area (Å²) in [4.78, 5) is 11.3. The molecule has 23 heavy (non-hydrogen) atoms. The Hall–Kier alpha value is -2.20. The van der Waals surface area contributed by atoms with Gasteiger partial charge in [-0.1, -0.05) is 23.7 Å². The Labute approximate surface area is 140 Å². The number of hydrogen-bond donors (Lipinski definition) is 0. The largest absolute Gasteiger partial charge is 0.513 e. The third kappa shape index (κ3) is 4.17. The molecular formula is C18H19ClO4. The number of benzene rings is 2. The molecule has 122 valence electrons. The zero-order valence-corrected chi connectivity index (χ0v) is 14.4. The number of carbonyl (C=O) groups excluding carboxylic acids is 1. The fraction of sp³-hybridized carbons (Fsp3) is 0.278. The van der Waals surface area contributed by atoms with Crippen LogP contribution in [0.1, 0.15) is 22.3 Å². The molecule has 0 unspecified atom stereocenters. The van der Waals surface area contributed by atoms with Gasteiger partial charge in [0.05, 0.1) is 17.7 Å². The molecule has 0 aliphatic carbocycles. The number of rotatable bonds is 4. The minimum absolute atomic E-state index is 0.190. The van der Waals surface area contributed by atoms with Gasteiger partial charge in [-0.25, -0.2) is 4.79 Å². The van der Waals surface area contributed by atoms with Gasteiger partial charge in [-0.15, -0.1) is 0 Å². The van der Waals surface area contributed by atoms with Crippen molar-refractivity contribution >= 4 is 17.8 Å². The average molecular weight is 335 g/mol. The van der Waals surface area contributed by atoms with Gasteiger partial charge in [-0.2, -0.15) is 0 Å². The van der Waals surface area contributed by atoms with E-state index in [1.54, 1.807) is 18.2 Å². The smallest absolute Gasteiger partial charge is 0.488 e. The average Bonchev–Trinajstić information content (AvgIpc) is 2.51. The van der Waals surface area contributed by atoms with E-state index in [2.05, 4.69) is 17.7 Å². The SMILES string of the molecule is COC(=O)Oc1cccc(Cl)c1COc1cc(C)c(C)cc1C. The molecule has 0 saturated carbocycles. The van der Waals surface area contributed by atoms with E-state index in [-0.39, 0.29) is 6.61 Å². The summed E-state index contributed by atoms with van der Waals surface area (Å²) in [6, 6.07) is 9.13. The molecule has 2 aromatic carbocycles. The maximum Gasteiger partial charge on any atom is 0.513 e. The highest BCUT2D eigenvalue weighted by molar-refractivity contribution is 6.31. The molecule has 0 aliphatic rings. The summed E-state index contributed by atoms with van der Waals surface area (Å²) in [7, 11) is 1.25. The van der Waals surface area contributed by atoms with Gasteiger partial charge in [0.15, 0.2) is 0 Å². The van der Waals surface area contributed by atoms with Crippen molar-refractivity contribution in [2.24, 2.45) is 0 Å². The lowest BCUT2D eigenvalue weighted by molar-refractivity contribution is 0.120.